The fourth-order valence-corrected chi connectivity index (χ4v) is 5.07. The molecule has 2 aromatic rings. The van der Waals surface area contributed by atoms with Gasteiger partial charge in [-0.15, -0.1) is 0 Å². The Labute approximate surface area is 119 Å². The highest BCUT2D eigenvalue weighted by molar-refractivity contribution is 7.69. The van der Waals surface area contributed by atoms with Crippen LogP contribution in [0.15, 0.2) is 54.6 Å². The highest BCUT2D eigenvalue weighted by Crippen LogP contribution is 2.63. The summed E-state index contributed by atoms with van der Waals surface area (Å²) in [6, 6.07) is 17.1. The molecule has 0 amide bonds. The van der Waals surface area contributed by atoms with Crippen molar-refractivity contribution in [1.82, 2.24) is 0 Å². The number of anilines is 1. The lowest BCUT2D eigenvalue weighted by molar-refractivity contribution is 0.441. The number of para-hydroxylation sites is 2. The summed E-state index contributed by atoms with van der Waals surface area (Å²) in [4.78, 5) is 0. The Morgan fingerprint density at radius 3 is 2.45 bits per heavy atom. The molecule has 3 rings (SSSR count). The molecular weight excluding hydrogens is 269 g/mol. The lowest BCUT2D eigenvalue weighted by atomic mass is 10.2. The van der Waals surface area contributed by atoms with Crippen LogP contribution >= 0.6 is 7.37 Å². The molecule has 0 unspecified atom stereocenters. The van der Waals surface area contributed by atoms with Crippen LogP contribution in [-0.2, 0) is 4.57 Å². The van der Waals surface area contributed by atoms with Crippen LogP contribution in [0.2, 0.25) is 0 Å². The quantitative estimate of drug-likeness (QED) is 0.840. The summed E-state index contributed by atoms with van der Waals surface area (Å²) in [6.45, 7) is 4.00. The molecule has 1 aliphatic heterocycles. The van der Waals surface area contributed by atoms with Gasteiger partial charge in [0.05, 0.1) is 11.0 Å². The smallest absolute Gasteiger partial charge is 0.301 e. The number of hydrogen-bond acceptors (Lipinski definition) is 3. The van der Waals surface area contributed by atoms with Gasteiger partial charge >= 0.3 is 7.37 Å². The molecule has 0 aromatic heterocycles. The first-order valence-electron chi connectivity index (χ1n) is 6.82. The second-order valence-electron chi connectivity index (χ2n) is 5.23. The maximum Gasteiger partial charge on any atom is 0.301 e. The van der Waals surface area contributed by atoms with Crippen molar-refractivity contribution in [3.8, 4) is 5.75 Å². The third-order valence-electron chi connectivity index (χ3n) is 3.95. The summed E-state index contributed by atoms with van der Waals surface area (Å²) in [6.07, 6.45) is 0.716. The van der Waals surface area contributed by atoms with E-state index in [-0.39, 0.29) is 0 Å². The summed E-state index contributed by atoms with van der Waals surface area (Å²) in [5.41, 5.74) is 0.902. The Hall–Kier alpha value is -1.73. The van der Waals surface area contributed by atoms with Gasteiger partial charge in [-0.05, 0) is 37.6 Å². The van der Waals surface area contributed by atoms with E-state index in [9.17, 15) is 4.57 Å². The van der Waals surface area contributed by atoms with Crippen molar-refractivity contribution in [3.63, 3.8) is 0 Å². The molecule has 3 nitrogen and oxygen atoms in total. The van der Waals surface area contributed by atoms with Gasteiger partial charge in [-0.25, -0.2) is 0 Å². The number of benzene rings is 2. The van der Waals surface area contributed by atoms with Crippen molar-refractivity contribution in [2.45, 2.75) is 25.5 Å². The van der Waals surface area contributed by atoms with E-state index >= 15 is 0 Å². The molecule has 2 atom stereocenters. The molecule has 4 heteroatoms. The zero-order valence-corrected chi connectivity index (χ0v) is 12.6. The summed E-state index contributed by atoms with van der Waals surface area (Å²) in [7, 11) is -3.03. The minimum Gasteiger partial charge on any atom is -0.436 e. The van der Waals surface area contributed by atoms with Gasteiger partial charge < -0.3 is 9.84 Å². The van der Waals surface area contributed by atoms with Gasteiger partial charge in [-0.1, -0.05) is 37.3 Å². The van der Waals surface area contributed by atoms with Crippen molar-refractivity contribution in [1.29, 1.82) is 0 Å². The Bertz CT molecular complexity index is 671. The van der Waals surface area contributed by atoms with Crippen molar-refractivity contribution in [2.24, 2.45) is 0 Å². The summed E-state index contributed by atoms with van der Waals surface area (Å²) in [5, 5.41) is 3.59. The summed E-state index contributed by atoms with van der Waals surface area (Å²) in [5.74, 6) is 0.658. The van der Waals surface area contributed by atoms with Crippen LogP contribution in [0.25, 0.3) is 0 Å². The average molecular weight is 287 g/mol. The van der Waals surface area contributed by atoms with E-state index in [0.29, 0.717) is 12.2 Å². The molecule has 0 spiro atoms. The minimum absolute atomic E-state index is 0.595. The second kappa shape index (κ2) is 4.68. The zero-order chi connectivity index (χ0) is 14.2. The lowest BCUT2D eigenvalue weighted by Gasteiger charge is -2.42. The number of rotatable bonds is 2. The first kappa shape index (κ1) is 13.3. The highest BCUT2D eigenvalue weighted by Gasteiger charge is 2.50. The Kier molecular flexibility index (Phi) is 3.10. The van der Waals surface area contributed by atoms with Gasteiger partial charge in [-0.3, -0.25) is 4.57 Å². The van der Waals surface area contributed by atoms with E-state index in [2.05, 4.69) is 5.32 Å². The Morgan fingerprint density at radius 1 is 1.10 bits per heavy atom. The second-order valence-corrected chi connectivity index (χ2v) is 8.02. The van der Waals surface area contributed by atoms with E-state index < -0.39 is 12.6 Å². The van der Waals surface area contributed by atoms with E-state index in [4.69, 9.17) is 4.52 Å². The predicted molar refractivity (Wildman–Crippen MR) is 83.1 cm³/mol. The molecular formula is C16H18NO2P. The van der Waals surface area contributed by atoms with Crippen molar-refractivity contribution in [3.05, 3.63) is 54.6 Å². The van der Waals surface area contributed by atoms with Crippen LogP contribution in [-0.4, -0.2) is 5.28 Å². The van der Waals surface area contributed by atoms with Gasteiger partial charge in [0.25, 0.3) is 0 Å². The standard InChI is InChI=1S/C16H18NO2P/c1-3-16(2)17-14-11-7-8-12-15(14)19-20(16,18)13-9-5-4-6-10-13/h4-12,17H,3H2,1-2H3/t16-,20-/m0/s1. The van der Waals surface area contributed by atoms with Crippen molar-refractivity contribution < 1.29 is 9.09 Å². The van der Waals surface area contributed by atoms with Crippen LogP contribution in [0.5, 0.6) is 5.75 Å². The molecule has 2 aromatic carbocycles. The molecule has 0 fully saturated rings. The van der Waals surface area contributed by atoms with Gasteiger partial charge in [-0.2, -0.15) is 0 Å². The van der Waals surface area contributed by atoms with Crippen LogP contribution in [0.1, 0.15) is 20.3 Å². The fraction of sp³-hybridized carbons (Fsp3) is 0.250. The molecule has 0 saturated heterocycles. The SMILES string of the molecule is CC[C@@]1(C)Nc2ccccc2O[P@@]1(=O)c1ccccc1. The maximum absolute atomic E-state index is 13.6. The first-order chi connectivity index (χ1) is 9.59. The number of fused-ring (bicyclic) bond motifs is 1. The topological polar surface area (TPSA) is 38.3 Å². The van der Waals surface area contributed by atoms with Crippen molar-refractivity contribution >= 4 is 18.4 Å². The van der Waals surface area contributed by atoms with Gasteiger partial charge in [0.1, 0.15) is 11.0 Å². The van der Waals surface area contributed by atoms with Crippen LogP contribution in [0.4, 0.5) is 5.69 Å². The molecule has 1 heterocycles. The lowest BCUT2D eigenvalue weighted by Crippen LogP contribution is -2.42. The van der Waals surface area contributed by atoms with E-state index in [1.54, 1.807) is 0 Å². The monoisotopic (exact) mass is 287 g/mol. The zero-order valence-electron chi connectivity index (χ0n) is 11.7. The molecule has 20 heavy (non-hydrogen) atoms. The van der Waals surface area contributed by atoms with Crippen molar-refractivity contribution in [2.75, 3.05) is 5.32 Å². The maximum atomic E-state index is 13.6. The van der Waals surface area contributed by atoms with Gasteiger partial charge in [0.15, 0.2) is 0 Å². The number of hydrogen-bond donors (Lipinski definition) is 1. The van der Waals surface area contributed by atoms with E-state index in [0.717, 1.165) is 11.0 Å². The Morgan fingerprint density at radius 2 is 1.75 bits per heavy atom. The van der Waals surface area contributed by atoms with Gasteiger partial charge in [0.2, 0.25) is 0 Å². The predicted octanol–water partition coefficient (Wildman–Crippen LogP) is 4.22. The first-order valence-corrected chi connectivity index (χ1v) is 8.44. The summed E-state index contributed by atoms with van der Waals surface area (Å²) < 4.78 is 19.6. The number of nitrogens with one attached hydrogen (secondary N) is 1. The third kappa shape index (κ3) is 1.85. The van der Waals surface area contributed by atoms with E-state index in [1.165, 1.54) is 0 Å². The fourth-order valence-electron chi connectivity index (χ4n) is 2.51. The van der Waals surface area contributed by atoms with Crippen LogP contribution in [0.3, 0.4) is 0 Å². The largest absolute Gasteiger partial charge is 0.436 e. The molecule has 0 bridgehead atoms. The van der Waals surface area contributed by atoms with Crippen LogP contribution in [0, 0.1) is 0 Å². The molecule has 0 saturated carbocycles. The summed E-state index contributed by atoms with van der Waals surface area (Å²) >= 11 is 0. The molecule has 104 valence electrons. The van der Waals surface area contributed by atoms with Crippen LogP contribution < -0.4 is 15.1 Å². The van der Waals surface area contributed by atoms with E-state index in [1.807, 2.05) is 68.4 Å². The Balaban J connectivity index is 2.17. The third-order valence-corrected chi connectivity index (χ3v) is 7.11. The molecule has 0 aliphatic carbocycles. The molecule has 1 aliphatic rings. The molecule has 1 N–H and O–H groups in total. The van der Waals surface area contributed by atoms with Gasteiger partial charge in [0, 0.05) is 0 Å². The minimum atomic E-state index is -3.03. The highest BCUT2D eigenvalue weighted by atomic mass is 31.2. The normalized spacial score (nSPS) is 28.1. The average Bonchev–Trinajstić information content (AvgIpc) is 2.49. The molecule has 0 radical (unpaired) electrons.